The van der Waals surface area contributed by atoms with Gasteiger partial charge in [-0.1, -0.05) is 18.2 Å². The van der Waals surface area contributed by atoms with E-state index in [1.165, 1.54) is 4.57 Å². The number of hydrogen-bond acceptors (Lipinski definition) is 4. The van der Waals surface area contributed by atoms with E-state index in [2.05, 4.69) is 10.2 Å². The Kier molecular flexibility index (Phi) is 3.16. The fraction of sp³-hybridized carbons (Fsp3) is 0.133. The van der Waals surface area contributed by atoms with Gasteiger partial charge in [-0.2, -0.15) is 0 Å². The molecule has 0 radical (unpaired) electrons. The molecule has 3 aromatic rings. The lowest BCUT2D eigenvalue weighted by molar-refractivity contribution is 0.484. The lowest BCUT2D eigenvalue weighted by Gasteiger charge is -2.01. The van der Waals surface area contributed by atoms with Crippen LogP contribution in [-0.2, 0) is 6.54 Å². The average Bonchev–Trinajstić information content (AvgIpc) is 2.92. The summed E-state index contributed by atoms with van der Waals surface area (Å²) in [5, 5.41) is 7.97. The predicted octanol–water partition coefficient (Wildman–Crippen LogP) is 2.26. The maximum Gasteiger partial charge on any atom is 0.251 e. The zero-order chi connectivity index (χ0) is 13.9. The largest absolute Gasteiger partial charge is 0.419 e. The van der Waals surface area contributed by atoms with Gasteiger partial charge in [0, 0.05) is 17.8 Å². The molecule has 0 saturated heterocycles. The fourth-order valence-corrected chi connectivity index (χ4v) is 1.90. The first-order valence-corrected chi connectivity index (χ1v) is 6.27. The summed E-state index contributed by atoms with van der Waals surface area (Å²) in [7, 11) is 0. The maximum absolute atomic E-state index is 11.8. The Morgan fingerprint density at radius 1 is 1.15 bits per heavy atom. The normalized spacial score (nSPS) is 10.7. The Hall–Kier alpha value is -2.69. The van der Waals surface area contributed by atoms with Crippen molar-refractivity contribution in [1.82, 2.24) is 14.8 Å². The molecule has 0 aliphatic carbocycles. The lowest BCUT2D eigenvalue weighted by Crippen LogP contribution is -2.19. The molecule has 3 rings (SSSR count). The SMILES string of the molecule is Cc1ccn(Cc2nnc(-c3ccccc3)o2)c(=O)c1. The first kappa shape index (κ1) is 12.3. The van der Waals surface area contributed by atoms with Crippen LogP contribution in [0.25, 0.3) is 11.5 Å². The standard InChI is InChI=1S/C15H13N3O2/c1-11-7-8-18(14(19)9-11)10-13-16-17-15(20-13)12-5-3-2-4-6-12/h2-9H,10H2,1H3. The highest BCUT2D eigenvalue weighted by Gasteiger charge is 2.09. The Labute approximate surface area is 115 Å². The van der Waals surface area contributed by atoms with Crippen molar-refractivity contribution in [3.63, 3.8) is 0 Å². The maximum atomic E-state index is 11.8. The van der Waals surface area contributed by atoms with Gasteiger partial charge in [-0.3, -0.25) is 4.79 Å². The highest BCUT2D eigenvalue weighted by molar-refractivity contribution is 5.51. The third kappa shape index (κ3) is 2.51. The molecule has 0 unspecified atom stereocenters. The molecular weight excluding hydrogens is 254 g/mol. The van der Waals surface area contributed by atoms with Crippen LogP contribution in [0.1, 0.15) is 11.5 Å². The number of pyridine rings is 1. The van der Waals surface area contributed by atoms with Crippen molar-refractivity contribution in [1.29, 1.82) is 0 Å². The zero-order valence-corrected chi connectivity index (χ0v) is 11.0. The van der Waals surface area contributed by atoms with Crippen LogP contribution in [-0.4, -0.2) is 14.8 Å². The topological polar surface area (TPSA) is 60.9 Å². The second-order valence-corrected chi connectivity index (χ2v) is 4.54. The molecule has 100 valence electrons. The van der Waals surface area contributed by atoms with Gasteiger partial charge in [-0.05, 0) is 30.7 Å². The van der Waals surface area contributed by atoms with Gasteiger partial charge in [0.2, 0.25) is 11.8 Å². The summed E-state index contributed by atoms with van der Waals surface area (Å²) in [6, 6.07) is 13.0. The molecule has 20 heavy (non-hydrogen) atoms. The second-order valence-electron chi connectivity index (χ2n) is 4.54. The molecular formula is C15H13N3O2. The molecule has 0 atom stereocenters. The minimum atomic E-state index is -0.0792. The molecule has 0 amide bonds. The molecule has 2 aromatic heterocycles. The molecule has 5 nitrogen and oxygen atoms in total. The highest BCUT2D eigenvalue weighted by Crippen LogP contribution is 2.16. The van der Waals surface area contributed by atoms with Gasteiger partial charge in [0.15, 0.2) is 0 Å². The zero-order valence-electron chi connectivity index (χ0n) is 11.0. The summed E-state index contributed by atoms with van der Waals surface area (Å²) in [5.74, 6) is 0.871. The molecule has 0 spiro atoms. The molecule has 0 saturated carbocycles. The van der Waals surface area contributed by atoms with Crippen molar-refractivity contribution in [3.8, 4) is 11.5 Å². The number of aryl methyl sites for hydroxylation is 1. The van der Waals surface area contributed by atoms with Crippen LogP contribution < -0.4 is 5.56 Å². The molecule has 0 N–H and O–H groups in total. The van der Waals surface area contributed by atoms with Crippen molar-refractivity contribution in [2.45, 2.75) is 13.5 Å². The molecule has 0 fully saturated rings. The molecule has 5 heteroatoms. The first-order valence-electron chi connectivity index (χ1n) is 6.27. The van der Waals surface area contributed by atoms with Gasteiger partial charge in [0.1, 0.15) is 6.54 Å². The Bertz CT molecular complexity index is 775. The second kappa shape index (κ2) is 5.13. The van der Waals surface area contributed by atoms with Crippen molar-refractivity contribution in [3.05, 3.63) is 70.5 Å². The van der Waals surface area contributed by atoms with Crippen molar-refractivity contribution in [2.24, 2.45) is 0 Å². The smallest absolute Gasteiger partial charge is 0.251 e. The summed E-state index contributed by atoms with van der Waals surface area (Å²) in [6.07, 6.45) is 1.73. The summed E-state index contributed by atoms with van der Waals surface area (Å²) >= 11 is 0. The van der Waals surface area contributed by atoms with E-state index >= 15 is 0 Å². The third-order valence-corrected chi connectivity index (χ3v) is 2.94. The van der Waals surface area contributed by atoms with Crippen LogP contribution in [0, 0.1) is 6.92 Å². The van der Waals surface area contributed by atoms with Crippen LogP contribution in [0.5, 0.6) is 0 Å². The van der Waals surface area contributed by atoms with E-state index in [0.29, 0.717) is 11.8 Å². The van der Waals surface area contributed by atoms with Crippen LogP contribution >= 0.6 is 0 Å². The van der Waals surface area contributed by atoms with E-state index in [1.54, 1.807) is 12.3 Å². The first-order chi connectivity index (χ1) is 9.72. The molecule has 0 bridgehead atoms. The monoisotopic (exact) mass is 267 g/mol. The van der Waals surface area contributed by atoms with Gasteiger partial charge >= 0.3 is 0 Å². The van der Waals surface area contributed by atoms with E-state index in [0.717, 1.165) is 11.1 Å². The van der Waals surface area contributed by atoms with Crippen molar-refractivity contribution in [2.75, 3.05) is 0 Å². The van der Waals surface area contributed by atoms with Gasteiger partial charge < -0.3 is 8.98 Å². The summed E-state index contributed by atoms with van der Waals surface area (Å²) < 4.78 is 7.11. The van der Waals surface area contributed by atoms with Crippen molar-refractivity contribution >= 4 is 0 Å². The molecule has 0 aliphatic heterocycles. The summed E-state index contributed by atoms with van der Waals surface area (Å²) in [5.41, 5.74) is 1.72. The van der Waals surface area contributed by atoms with Gasteiger partial charge in [0.25, 0.3) is 5.56 Å². The van der Waals surface area contributed by atoms with E-state index in [-0.39, 0.29) is 12.1 Å². The van der Waals surface area contributed by atoms with E-state index in [1.807, 2.05) is 43.3 Å². The van der Waals surface area contributed by atoms with E-state index < -0.39 is 0 Å². The van der Waals surface area contributed by atoms with Gasteiger partial charge in [-0.15, -0.1) is 10.2 Å². The summed E-state index contributed by atoms with van der Waals surface area (Å²) in [6.45, 7) is 2.16. The number of aromatic nitrogens is 3. The lowest BCUT2D eigenvalue weighted by atomic mass is 10.2. The number of hydrogen-bond donors (Lipinski definition) is 0. The van der Waals surface area contributed by atoms with Gasteiger partial charge in [0.05, 0.1) is 0 Å². The van der Waals surface area contributed by atoms with Crippen LogP contribution in [0.4, 0.5) is 0 Å². The van der Waals surface area contributed by atoms with Crippen LogP contribution in [0.15, 0.2) is 57.9 Å². The average molecular weight is 267 g/mol. The van der Waals surface area contributed by atoms with E-state index in [9.17, 15) is 4.79 Å². The Morgan fingerprint density at radius 3 is 2.70 bits per heavy atom. The number of benzene rings is 1. The number of nitrogens with zero attached hydrogens (tertiary/aromatic N) is 3. The number of rotatable bonds is 3. The molecule has 1 aromatic carbocycles. The third-order valence-electron chi connectivity index (χ3n) is 2.94. The summed E-state index contributed by atoms with van der Waals surface area (Å²) in [4.78, 5) is 11.8. The van der Waals surface area contributed by atoms with Gasteiger partial charge in [-0.25, -0.2) is 0 Å². The molecule has 0 aliphatic rings. The fourth-order valence-electron chi connectivity index (χ4n) is 1.90. The van der Waals surface area contributed by atoms with Crippen LogP contribution in [0.3, 0.4) is 0 Å². The van der Waals surface area contributed by atoms with E-state index in [4.69, 9.17) is 4.42 Å². The highest BCUT2D eigenvalue weighted by atomic mass is 16.4. The minimum Gasteiger partial charge on any atom is -0.419 e. The Balaban J connectivity index is 1.86. The predicted molar refractivity (Wildman–Crippen MR) is 74.3 cm³/mol. The van der Waals surface area contributed by atoms with Crippen LogP contribution in [0.2, 0.25) is 0 Å². The molecule has 2 heterocycles. The quantitative estimate of drug-likeness (QED) is 0.730. The Morgan fingerprint density at radius 2 is 1.95 bits per heavy atom. The minimum absolute atomic E-state index is 0.0792. The van der Waals surface area contributed by atoms with Crippen molar-refractivity contribution < 1.29 is 4.42 Å².